The van der Waals surface area contributed by atoms with Crippen LogP contribution in [-0.4, -0.2) is 61.2 Å². The average molecular weight is 480 g/mol. The summed E-state index contributed by atoms with van der Waals surface area (Å²) < 4.78 is 27.5. The van der Waals surface area contributed by atoms with Crippen LogP contribution in [0.15, 0.2) is 39.9 Å². The van der Waals surface area contributed by atoms with Gasteiger partial charge in [-0.25, -0.2) is 8.42 Å². The fourth-order valence-corrected chi connectivity index (χ4v) is 7.71. The number of nitrogens with zero attached hydrogens (tertiary/aromatic N) is 2. The molecule has 4 rings (SSSR count). The number of piperidine rings is 1. The highest BCUT2D eigenvalue weighted by molar-refractivity contribution is 7.99. The molecule has 2 aliphatic rings. The van der Waals surface area contributed by atoms with Gasteiger partial charge in [0.1, 0.15) is 4.21 Å². The number of aryl methyl sites for hydroxylation is 1. The largest absolute Gasteiger partial charge is 0.326 e. The molecule has 0 bridgehead atoms. The van der Waals surface area contributed by atoms with Gasteiger partial charge in [-0.15, -0.1) is 11.3 Å². The first kappa shape index (κ1) is 22.8. The number of thiophene rings is 1. The third kappa shape index (κ3) is 5.51. The van der Waals surface area contributed by atoms with Gasteiger partial charge < -0.3 is 5.32 Å². The van der Waals surface area contributed by atoms with Gasteiger partial charge in [-0.05, 0) is 48.4 Å². The molecule has 1 unspecified atom stereocenters. The molecular formula is C22H29N3O3S3. The smallest absolute Gasteiger partial charge is 0.252 e. The van der Waals surface area contributed by atoms with Crippen LogP contribution >= 0.6 is 23.1 Å². The topological polar surface area (TPSA) is 69.7 Å². The predicted molar refractivity (Wildman–Crippen MR) is 128 cm³/mol. The van der Waals surface area contributed by atoms with E-state index in [2.05, 4.69) is 28.4 Å². The van der Waals surface area contributed by atoms with Gasteiger partial charge in [-0.1, -0.05) is 18.2 Å². The minimum Gasteiger partial charge on any atom is -0.326 e. The van der Waals surface area contributed by atoms with Gasteiger partial charge in [0.05, 0.1) is 5.92 Å². The molecule has 2 saturated heterocycles. The van der Waals surface area contributed by atoms with Crippen LogP contribution < -0.4 is 5.32 Å². The molecular weight excluding hydrogens is 450 g/mol. The summed E-state index contributed by atoms with van der Waals surface area (Å²) in [4.78, 5) is 15.5. The minimum absolute atomic E-state index is 0.0966. The van der Waals surface area contributed by atoms with Crippen LogP contribution in [-0.2, 0) is 21.4 Å². The van der Waals surface area contributed by atoms with E-state index in [0.29, 0.717) is 23.6 Å². The zero-order chi connectivity index (χ0) is 21.8. The van der Waals surface area contributed by atoms with Gasteiger partial charge in [0.25, 0.3) is 10.0 Å². The van der Waals surface area contributed by atoms with Crippen molar-refractivity contribution in [1.29, 1.82) is 0 Å². The molecule has 168 valence electrons. The van der Waals surface area contributed by atoms with Crippen molar-refractivity contribution in [2.24, 2.45) is 5.92 Å². The quantitative estimate of drug-likeness (QED) is 0.685. The monoisotopic (exact) mass is 479 g/mol. The zero-order valence-corrected chi connectivity index (χ0v) is 20.2. The van der Waals surface area contributed by atoms with E-state index >= 15 is 0 Å². The first-order valence-corrected chi connectivity index (χ1v) is 14.1. The van der Waals surface area contributed by atoms with Crippen LogP contribution in [0.3, 0.4) is 0 Å². The molecule has 0 aliphatic carbocycles. The Kier molecular flexibility index (Phi) is 7.38. The van der Waals surface area contributed by atoms with E-state index < -0.39 is 10.0 Å². The Hall–Kier alpha value is -1.39. The van der Waals surface area contributed by atoms with Gasteiger partial charge >= 0.3 is 0 Å². The number of nitrogens with one attached hydrogen (secondary N) is 1. The number of anilines is 1. The van der Waals surface area contributed by atoms with E-state index in [1.807, 2.05) is 18.7 Å². The summed E-state index contributed by atoms with van der Waals surface area (Å²) in [7, 11) is -3.52. The van der Waals surface area contributed by atoms with Crippen LogP contribution in [0.2, 0.25) is 0 Å². The summed E-state index contributed by atoms with van der Waals surface area (Å²) in [6.07, 6.45) is 1.39. The van der Waals surface area contributed by atoms with Gasteiger partial charge in [-0.2, -0.15) is 16.1 Å². The number of hydrogen-bond donors (Lipinski definition) is 1. The Bertz CT molecular complexity index is 1000. The van der Waals surface area contributed by atoms with Crippen molar-refractivity contribution >= 4 is 44.7 Å². The van der Waals surface area contributed by atoms with Crippen LogP contribution in [0.1, 0.15) is 24.0 Å². The van der Waals surface area contributed by atoms with E-state index in [9.17, 15) is 13.2 Å². The van der Waals surface area contributed by atoms with Gasteiger partial charge in [0.2, 0.25) is 5.91 Å². The summed E-state index contributed by atoms with van der Waals surface area (Å²) in [5, 5.41) is 4.85. The van der Waals surface area contributed by atoms with Crippen molar-refractivity contribution < 1.29 is 13.2 Å². The molecule has 1 atom stereocenters. The molecule has 2 fully saturated rings. The third-order valence-corrected chi connectivity index (χ3v) is 10.1. The lowest BCUT2D eigenvalue weighted by molar-refractivity contribution is -0.120. The lowest BCUT2D eigenvalue weighted by Gasteiger charge is -2.31. The number of carbonyl (C=O) groups is 1. The van der Waals surface area contributed by atoms with Gasteiger partial charge in [0, 0.05) is 49.9 Å². The molecule has 1 amide bonds. The number of carbonyl (C=O) groups excluding carboxylic acids is 1. The Morgan fingerprint density at radius 2 is 2.00 bits per heavy atom. The van der Waals surface area contributed by atoms with Crippen LogP contribution in [0.4, 0.5) is 5.69 Å². The van der Waals surface area contributed by atoms with Crippen molar-refractivity contribution in [2.75, 3.05) is 43.0 Å². The number of amides is 1. The third-order valence-electron chi connectivity index (χ3n) is 5.91. The van der Waals surface area contributed by atoms with E-state index in [1.54, 1.807) is 17.5 Å². The van der Waals surface area contributed by atoms with E-state index in [4.69, 9.17) is 0 Å². The maximum Gasteiger partial charge on any atom is 0.252 e. The van der Waals surface area contributed by atoms with Gasteiger partial charge in [-0.3, -0.25) is 9.69 Å². The molecule has 0 saturated carbocycles. The number of rotatable bonds is 6. The molecule has 1 N–H and O–H groups in total. The number of benzene rings is 1. The van der Waals surface area contributed by atoms with E-state index in [-0.39, 0.29) is 18.4 Å². The molecule has 0 radical (unpaired) electrons. The second kappa shape index (κ2) is 10.0. The second-order valence-corrected chi connectivity index (χ2v) is 12.5. The summed E-state index contributed by atoms with van der Waals surface area (Å²) in [6.45, 7) is 5.77. The summed E-state index contributed by atoms with van der Waals surface area (Å²) >= 11 is 3.21. The normalized spacial score (nSPS) is 21.1. The second-order valence-electron chi connectivity index (χ2n) is 8.16. The number of hydrogen-bond acceptors (Lipinski definition) is 6. The van der Waals surface area contributed by atoms with Crippen molar-refractivity contribution in [2.45, 2.75) is 30.5 Å². The molecule has 0 spiro atoms. The standard InChI is InChI=1S/C22H29N3O3S3/c1-17-6-7-18(15-24-9-12-29-13-10-24)14-20(17)23-22(26)19-4-2-8-25(16-19)31(27,28)21-5-3-11-30-21/h3,5-7,11,14,19H,2,4,8-10,12-13,15-16H2,1H3,(H,23,26). The average Bonchev–Trinajstić information content (AvgIpc) is 3.33. The highest BCUT2D eigenvalue weighted by Gasteiger charge is 2.34. The van der Waals surface area contributed by atoms with Crippen LogP contribution in [0.25, 0.3) is 0 Å². The molecule has 2 aromatic rings. The fraction of sp³-hybridized carbons (Fsp3) is 0.500. The first-order chi connectivity index (χ1) is 14.9. The van der Waals surface area contributed by atoms with Crippen LogP contribution in [0, 0.1) is 12.8 Å². The lowest BCUT2D eigenvalue weighted by Crippen LogP contribution is -2.43. The molecule has 1 aromatic carbocycles. The Labute approximate surface area is 193 Å². The lowest BCUT2D eigenvalue weighted by atomic mass is 9.98. The Morgan fingerprint density at radius 1 is 1.19 bits per heavy atom. The summed E-state index contributed by atoms with van der Waals surface area (Å²) in [5.41, 5.74) is 3.04. The molecule has 3 heterocycles. The zero-order valence-electron chi connectivity index (χ0n) is 17.7. The Balaban J connectivity index is 1.42. The first-order valence-electron chi connectivity index (χ1n) is 10.7. The van der Waals surface area contributed by atoms with E-state index in [0.717, 1.165) is 30.9 Å². The molecule has 2 aliphatic heterocycles. The summed E-state index contributed by atoms with van der Waals surface area (Å²) in [6, 6.07) is 9.61. The molecule has 6 nitrogen and oxygen atoms in total. The summed E-state index contributed by atoms with van der Waals surface area (Å²) in [5.74, 6) is 1.90. The Morgan fingerprint density at radius 3 is 2.74 bits per heavy atom. The van der Waals surface area contributed by atoms with Crippen molar-refractivity contribution in [1.82, 2.24) is 9.21 Å². The minimum atomic E-state index is -3.52. The molecule has 31 heavy (non-hydrogen) atoms. The van der Waals surface area contributed by atoms with Crippen LogP contribution in [0.5, 0.6) is 0 Å². The maximum absolute atomic E-state index is 13.0. The van der Waals surface area contributed by atoms with Crippen molar-refractivity contribution in [3.8, 4) is 0 Å². The number of thioether (sulfide) groups is 1. The van der Waals surface area contributed by atoms with Crippen molar-refractivity contribution in [3.63, 3.8) is 0 Å². The van der Waals surface area contributed by atoms with Crippen molar-refractivity contribution in [3.05, 3.63) is 46.8 Å². The highest BCUT2D eigenvalue weighted by atomic mass is 32.2. The number of sulfonamides is 1. The maximum atomic E-state index is 13.0. The highest BCUT2D eigenvalue weighted by Crippen LogP contribution is 2.28. The van der Waals surface area contributed by atoms with E-state index in [1.165, 1.54) is 32.7 Å². The molecule has 1 aromatic heterocycles. The van der Waals surface area contributed by atoms with Gasteiger partial charge in [0.15, 0.2) is 0 Å². The fourth-order valence-electron chi connectivity index (χ4n) is 4.07. The predicted octanol–water partition coefficient (Wildman–Crippen LogP) is 3.64. The SMILES string of the molecule is Cc1ccc(CN2CCSCC2)cc1NC(=O)C1CCCN(S(=O)(=O)c2cccs2)C1. The molecule has 9 heteroatoms.